The maximum Gasteiger partial charge on any atom is 0.408 e. The van der Waals surface area contributed by atoms with E-state index in [2.05, 4.69) is 20.3 Å². The number of aromatic nitrogens is 3. The molecule has 6 nitrogen and oxygen atoms in total. The molecule has 176 valence electrons. The molecule has 0 saturated heterocycles. The molecule has 1 saturated carbocycles. The number of aliphatic hydroxyl groups excluding tert-OH is 1. The molecular weight excluding hydrogens is 462 g/mol. The number of aliphatic hydroxyl groups is 1. The van der Waals surface area contributed by atoms with E-state index < -0.39 is 91.0 Å². The first kappa shape index (κ1) is 25.4. The normalized spacial score (nSPS) is 24.1. The van der Waals surface area contributed by atoms with Gasteiger partial charge in [-0.05, 0) is 13.3 Å². The second-order valence-electron chi connectivity index (χ2n) is 7.31. The largest absolute Gasteiger partial charge is 0.408 e. The Labute approximate surface area is 178 Å². The SMILES string of the molecule is C[C@H](Nc1nc(NC2CC(F)(F)C2)nc(C2=C(F)C(O)C(F)(F)CC2)n1)C(F)(F)F.S. The van der Waals surface area contributed by atoms with Gasteiger partial charge < -0.3 is 15.7 Å². The molecule has 15 heteroatoms. The molecule has 0 aliphatic heterocycles. The Balaban J connectivity index is 0.00000341. The molecular formula is C16H19F8N5OS. The van der Waals surface area contributed by atoms with Crippen molar-refractivity contribution in [2.45, 2.75) is 68.8 Å². The number of anilines is 2. The standard InChI is InChI=1S/C16H17F8N5O.H2S/c1-6(16(22,23)24)25-12-27-11(8-2-3-15(20,21)10(30)9(8)17)28-13(29-12)26-7-4-14(18,19)5-7;/h6-7,10,30H,2-5H2,1H3,(H2,25,26,27,28,29);1H2/t6-,10?;/m0./s1. The van der Waals surface area contributed by atoms with Gasteiger partial charge >= 0.3 is 6.18 Å². The number of nitrogens with one attached hydrogen (secondary N) is 2. The van der Waals surface area contributed by atoms with Gasteiger partial charge in [-0.2, -0.15) is 41.6 Å². The van der Waals surface area contributed by atoms with Crippen molar-refractivity contribution in [3.05, 3.63) is 11.7 Å². The van der Waals surface area contributed by atoms with Gasteiger partial charge in [0.1, 0.15) is 11.9 Å². The molecule has 0 amide bonds. The summed E-state index contributed by atoms with van der Waals surface area (Å²) in [6.07, 6.45) is -10.1. The zero-order valence-corrected chi connectivity index (χ0v) is 16.9. The highest BCUT2D eigenvalue weighted by Crippen LogP contribution is 2.42. The highest BCUT2D eigenvalue weighted by atomic mass is 32.1. The lowest BCUT2D eigenvalue weighted by Gasteiger charge is -2.35. The van der Waals surface area contributed by atoms with Crippen LogP contribution in [0.4, 0.5) is 47.0 Å². The molecule has 3 rings (SSSR count). The zero-order valence-electron chi connectivity index (χ0n) is 15.9. The van der Waals surface area contributed by atoms with Crippen LogP contribution in [0.5, 0.6) is 0 Å². The molecule has 2 aliphatic rings. The van der Waals surface area contributed by atoms with Gasteiger partial charge in [-0.3, -0.25) is 0 Å². The van der Waals surface area contributed by atoms with E-state index in [1.54, 1.807) is 0 Å². The smallest absolute Gasteiger partial charge is 0.380 e. The molecule has 1 heterocycles. The van der Waals surface area contributed by atoms with Crippen molar-refractivity contribution in [2.75, 3.05) is 10.6 Å². The van der Waals surface area contributed by atoms with Crippen LogP contribution in [0.25, 0.3) is 5.57 Å². The van der Waals surface area contributed by atoms with Crippen LogP contribution >= 0.6 is 13.5 Å². The van der Waals surface area contributed by atoms with Crippen LogP contribution in [0.2, 0.25) is 0 Å². The summed E-state index contributed by atoms with van der Waals surface area (Å²) < 4.78 is 106. The quantitative estimate of drug-likeness (QED) is 0.551. The summed E-state index contributed by atoms with van der Waals surface area (Å²) in [7, 11) is 0. The third-order valence-corrected chi connectivity index (χ3v) is 4.80. The van der Waals surface area contributed by atoms with Crippen LogP contribution in [0.3, 0.4) is 0 Å². The summed E-state index contributed by atoms with van der Waals surface area (Å²) in [5.41, 5.74) is -0.527. The molecule has 1 fully saturated rings. The van der Waals surface area contributed by atoms with E-state index in [0.29, 0.717) is 0 Å². The third-order valence-electron chi connectivity index (χ3n) is 4.80. The first-order valence-electron chi connectivity index (χ1n) is 8.86. The van der Waals surface area contributed by atoms with Gasteiger partial charge in [0.2, 0.25) is 11.9 Å². The monoisotopic (exact) mass is 481 g/mol. The molecule has 0 spiro atoms. The summed E-state index contributed by atoms with van der Waals surface area (Å²) >= 11 is 0. The number of allylic oxidation sites excluding steroid dienone is 1. The Morgan fingerprint density at radius 2 is 1.65 bits per heavy atom. The maximum atomic E-state index is 14.3. The number of hydrogen-bond donors (Lipinski definition) is 3. The first-order valence-corrected chi connectivity index (χ1v) is 8.86. The van der Waals surface area contributed by atoms with E-state index in [1.807, 2.05) is 5.32 Å². The average molecular weight is 481 g/mol. The summed E-state index contributed by atoms with van der Waals surface area (Å²) in [5, 5.41) is 13.9. The molecule has 0 aromatic carbocycles. The van der Waals surface area contributed by atoms with Crippen molar-refractivity contribution >= 4 is 31.0 Å². The number of hydrogen-bond acceptors (Lipinski definition) is 6. The lowest BCUT2D eigenvalue weighted by molar-refractivity contribution is -0.138. The predicted molar refractivity (Wildman–Crippen MR) is 99.2 cm³/mol. The fourth-order valence-corrected chi connectivity index (χ4v) is 2.98. The Morgan fingerprint density at radius 3 is 2.19 bits per heavy atom. The van der Waals surface area contributed by atoms with Crippen molar-refractivity contribution in [2.24, 2.45) is 0 Å². The van der Waals surface area contributed by atoms with Crippen LogP contribution in [-0.2, 0) is 0 Å². The summed E-state index contributed by atoms with van der Waals surface area (Å²) in [4.78, 5) is 11.1. The number of alkyl halides is 7. The fourth-order valence-electron chi connectivity index (χ4n) is 2.98. The van der Waals surface area contributed by atoms with Gasteiger partial charge in [-0.15, -0.1) is 0 Å². The van der Waals surface area contributed by atoms with Crippen molar-refractivity contribution in [1.29, 1.82) is 0 Å². The Kier molecular flexibility index (Phi) is 7.00. The molecule has 1 unspecified atom stereocenters. The topological polar surface area (TPSA) is 83.0 Å². The van der Waals surface area contributed by atoms with E-state index in [-0.39, 0.29) is 13.5 Å². The lowest BCUT2D eigenvalue weighted by atomic mass is 9.88. The van der Waals surface area contributed by atoms with Gasteiger partial charge in [0.15, 0.2) is 11.9 Å². The van der Waals surface area contributed by atoms with E-state index in [1.165, 1.54) is 0 Å². The average Bonchev–Trinajstić information content (AvgIpc) is 2.57. The van der Waals surface area contributed by atoms with Crippen molar-refractivity contribution in [3.8, 4) is 0 Å². The highest BCUT2D eigenvalue weighted by molar-refractivity contribution is 7.59. The van der Waals surface area contributed by atoms with Crippen molar-refractivity contribution in [3.63, 3.8) is 0 Å². The van der Waals surface area contributed by atoms with Crippen LogP contribution in [0.15, 0.2) is 5.83 Å². The lowest BCUT2D eigenvalue weighted by Crippen LogP contribution is -2.44. The molecule has 2 aliphatic carbocycles. The second-order valence-corrected chi connectivity index (χ2v) is 7.31. The first-order chi connectivity index (χ1) is 13.7. The minimum Gasteiger partial charge on any atom is -0.380 e. The number of nitrogens with zero attached hydrogens (tertiary/aromatic N) is 3. The van der Waals surface area contributed by atoms with E-state index in [9.17, 15) is 40.2 Å². The molecule has 1 aromatic rings. The van der Waals surface area contributed by atoms with Gasteiger partial charge in [0.25, 0.3) is 11.8 Å². The van der Waals surface area contributed by atoms with Gasteiger partial charge in [-0.25, -0.2) is 22.0 Å². The van der Waals surface area contributed by atoms with Gasteiger partial charge in [0.05, 0.1) is 0 Å². The van der Waals surface area contributed by atoms with Crippen LogP contribution in [-0.4, -0.2) is 56.3 Å². The highest BCUT2D eigenvalue weighted by Gasteiger charge is 2.47. The Bertz CT molecular complexity index is 842. The van der Waals surface area contributed by atoms with Gasteiger partial charge in [0, 0.05) is 30.9 Å². The molecule has 1 aromatic heterocycles. The third kappa shape index (κ3) is 5.67. The summed E-state index contributed by atoms with van der Waals surface area (Å²) in [6, 6.07) is -2.92. The number of halogens is 8. The molecule has 0 bridgehead atoms. The Hall–Kier alpha value is -1.90. The zero-order chi connectivity index (χ0) is 22.5. The summed E-state index contributed by atoms with van der Waals surface area (Å²) in [6.45, 7) is 0.758. The van der Waals surface area contributed by atoms with E-state index in [4.69, 9.17) is 0 Å². The molecule has 2 atom stereocenters. The summed E-state index contributed by atoms with van der Waals surface area (Å²) in [5.74, 6) is -9.93. The van der Waals surface area contributed by atoms with E-state index in [0.717, 1.165) is 6.92 Å². The minimum atomic E-state index is -4.69. The molecule has 0 radical (unpaired) electrons. The molecule has 3 N–H and O–H groups in total. The predicted octanol–water partition coefficient (Wildman–Crippen LogP) is 4.03. The van der Waals surface area contributed by atoms with Crippen molar-refractivity contribution < 1.29 is 40.2 Å². The van der Waals surface area contributed by atoms with Crippen LogP contribution in [0, 0.1) is 0 Å². The Morgan fingerprint density at radius 1 is 1.06 bits per heavy atom. The van der Waals surface area contributed by atoms with Crippen LogP contribution < -0.4 is 10.6 Å². The minimum absolute atomic E-state index is 0. The number of rotatable bonds is 5. The van der Waals surface area contributed by atoms with E-state index >= 15 is 0 Å². The van der Waals surface area contributed by atoms with Crippen LogP contribution in [0.1, 0.15) is 38.4 Å². The fraction of sp³-hybridized carbons (Fsp3) is 0.688. The maximum absolute atomic E-state index is 14.3. The van der Waals surface area contributed by atoms with Gasteiger partial charge in [-0.1, -0.05) is 0 Å². The second kappa shape index (κ2) is 8.56. The van der Waals surface area contributed by atoms with Crippen molar-refractivity contribution in [1.82, 2.24) is 15.0 Å². The molecule has 31 heavy (non-hydrogen) atoms.